The van der Waals surface area contributed by atoms with Crippen LogP contribution in [0.3, 0.4) is 0 Å². The molecule has 0 saturated heterocycles. The van der Waals surface area contributed by atoms with Gasteiger partial charge in [0, 0.05) is 32.0 Å². The van der Waals surface area contributed by atoms with Crippen LogP contribution in [0.5, 0.6) is 0 Å². The predicted octanol–water partition coefficient (Wildman–Crippen LogP) is 6.21. The first-order chi connectivity index (χ1) is 16.7. The molecule has 0 bridgehead atoms. The third-order valence-corrected chi connectivity index (χ3v) is 5.49. The molecule has 6 rings (SSSR count). The van der Waals surface area contributed by atoms with Gasteiger partial charge in [0.25, 0.3) is 0 Å². The fourth-order valence-corrected chi connectivity index (χ4v) is 3.69. The first-order valence-electron chi connectivity index (χ1n) is 11.1. The van der Waals surface area contributed by atoms with E-state index >= 15 is 0 Å². The standard InChI is InChI=1S/C19H13N2.C10H10N3.Ir/c1-3-9-15(10-4-1)19-20-17-13-7-8-14-18(17)21(19)16-11-5-2-6-12-16;1-7-8(2)13-10(12-7)9-5-3-4-6-11-9;/h1-9,11-14H;3-6H,1-2H3;/q2*-1;. The first-order valence-corrected chi connectivity index (χ1v) is 11.1. The monoisotopic (exact) mass is 634 g/mol. The van der Waals surface area contributed by atoms with Crippen LogP contribution in [0.25, 0.3) is 39.6 Å². The fraction of sp³-hybridized carbons (Fsp3) is 0.0690. The summed E-state index contributed by atoms with van der Waals surface area (Å²) in [4.78, 5) is 17.6. The summed E-state index contributed by atoms with van der Waals surface area (Å²) >= 11 is 0. The van der Waals surface area contributed by atoms with Gasteiger partial charge in [0.1, 0.15) is 0 Å². The molecule has 0 spiro atoms. The van der Waals surface area contributed by atoms with Crippen molar-refractivity contribution < 1.29 is 20.1 Å². The molecule has 175 valence electrons. The Labute approximate surface area is 218 Å². The van der Waals surface area contributed by atoms with E-state index in [1.54, 1.807) is 6.20 Å². The number of hydrogen-bond acceptors (Lipinski definition) is 3. The Morgan fingerprint density at radius 3 is 2.20 bits per heavy atom. The van der Waals surface area contributed by atoms with E-state index in [0.29, 0.717) is 0 Å². The Kier molecular flexibility index (Phi) is 7.66. The van der Waals surface area contributed by atoms with Gasteiger partial charge in [0.2, 0.25) is 0 Å². The number of fused-ring (bicyclic) bond motifs is 1. The molecule has 0 aliphatic carbocycles. The zero-order valence-corrected chi connectivity index (χ0v) is 21.8. The third-order valence-electron chi connectivity index (χ3n) is 5.49. The maximum Gasteiger partial charge on any atom is 0.0774 e. The van der Waals surface area contributed by atoms with E-state index in [1.807, 2.05) is 92.7 Å². The molecule has 5 nitrogen and oxygen atoms in total. The Morgan fingerprint density at radius 2 is 1.51 bits per heavy atom. The summed E-state index contributed by atoms with van der Waals surface area (Å²) in [5.74, 6) is 1.64. The number of para-hydroxylation sites is 3. The van der Waals surface area contributed by atoms with E-state index in [0.717, 1.165) is 51.0 Å². The van der Waals surface area contributed by atoms with Crippen LogP contribution in [0.15, 0.2) is 103 Å². The van der Waals surface area contributed by atoms with Crippen LogP contribution in [0, 0.1) is 19.9 Å². The minimum Gasteiger partial charge on any atom is -0.438 e. The van der Waals surface area contributed by atoms with Gasteiger partial charge in [-0.25, -0.2) is 0 Å². The topological polar surface area (TPSA) is 57.7 Å². The Morgan fingerprint density at radius 1 is 0.771 bits per heavy atom. The zero-order valence-electron chi connectivity index (χ0n) is 19.4. The number of imidazole rings is 2. The summed E-state index contributed by atoms with van der Waals surface area (Å²) in [5, 5.41) is 0. The number of benzene rings is 3. The van der Waals surface area contributed by atoms with Crippen LogP contribution in [0.2, 0.25) is 0 Å². The quantitative estimate of drug-likeness (QED) is 0.218. The summed E-state index contributed by atoms with van der Waals surface area (Å²) in [6.07, 6.45) is 1.75. The predicted molar refractivity (Wildman–Crippen MR) is 136 cm³/mol. The smallest absolute Gasteiger partial charge is 0.0774 e. The maximum atomic E-state index is 4.79. The minimum atomic E-state index is 0. The van der Waals surface area contributed by atoms with Gasteiger partial charge >= 0.3 is 0 Å². The van der Waals surface area contributed by atoms with Crippen molar-refractivity contribution in [3.8, 4) is 28.6 Å². The van der Waals surface area contributed by atoms with Gasteiger partial charge in [0.15, 0.2) is 0 Å². The van der Waals surface area contributed by atoms with Crippen LogP contribution in [-0.4, -0.2) is 19.5 Å². The van der Waals surface area contributed by atoms with Crippen LogP contribution < -0.4 is 4.98 Å². The van der Waals surface area contributed by atoms with Crippen molar-refractivity contribution in [2.24, 2.45) is 0 Å². The molecule has 0 fully saturated rings. The second-order valence-corrected chi connectivity index (χ2v) is 7.80. The molecular weight excluding hydrogens is 611 g/mol. The first kappa shape index (κ1) is 24.3. The fourth-order valence-electron chi connectivity index (χ4n) is 3.69. The molecule has 0 atom stereocenters. The maximum absolute atomic E-state index is 4.79. The van der Waals surface area contributed by atoms with E-state index in [1.165, 1.54) is 0 Å². The Bertz CT molecular complexity index is 1490. The molecule has 3 heterocycles. The summed E-state index contributed by atoms with van der Waals surface area (Å²) in [7, 11) is 0. The minimum absolute atomic E-state index is 0. The van der Waals surface area contributed by atoms with E-state index < -0.39 is 0 Å². The van der Waals surface area contributed by atoms with Crippen molar-refractivity contribution in [3.05, 3.63) is 121 Å². The van der Waals surface area contributed by atoms with Crippen molar-refractivity contribution in [1.82, 2.24) is 24.5 Å². The van der Waals surface area contributed by atoms with Crippen molar-refractivity contribution in [2.75, 3.05) is 0 Å². The van der Waals surface area contributed by atoms with Gasteiger partial charge in [0.05, 0.1) is 22.6 Å². The van der Waals surface area contributed by atoms with Crippen LogP contribution in [0.4, 0.5) is 0 Å². The zero-order chi connectivity index (χ0) is 23.3. The van der Waals surface area contributed by atoms with Crippen LogP contribution >= 0.6 is 0 Å². The molecule has 0 aliphatic heterocycles. The molecule has 0 N–H and O–H groups in total. The number of nitrogens with zero attached hydrogens (tertiary/aromatic N) is 5. The van der Waals surface area contributed by atoms with E-state index in [2.05, 4.69) is 43.8 Å². The number of hydrogen-bond donors (Lipinski definition) is 0. The molecule has 0 unspecified atom stereocenters. The summed E-state index contributed by atoms with van der Waals surface area (Å²) in [5.41, 5.74) is 6.99. The molecule has 6 heteroatoms. The molecular formula is C29H23IrN5-2. The molecule has 3 aromatic carbocycles. The molecule has 1 radical (unpaired) electrons. The molecule has 0 aliphatic rings. The number of aryl methyl sites for hydroxylation is 2. The van der Waals surface area contributed by atoms with Crippen molar-refractivity contribution in [2.45, 2.75) is 13.8 Å². The van der Waals surface area contributed by atoms with Crippen molar-refractivity contribution >= 4 is 11.0 Å². The van der Waals surface area contributed by atoms with Gasteiger partial charge < -0.3 is 14.5 Å². The summed E-state index contributed by atoms with van der Waals surface area (Å²) < 4.78 is 2.18. The summed E-state index contributed by atoms with van der Waals surface area (Å²) in [6.45, 7) is 3.91. The molecule has 3 aromatic heterocycles. The second-order valence-electron chi connectivity index (χ2n) is 7.80. The van der Waals surface area contributed by atoms with Gasteiger partial charge in [-0.1, -0.05) is 47.8 Å². The van der Waals surface area contributed by atoms with E-state index in [-0.39, 0.29) is 20.1 Å². The van der Waals surface area contributed by atoms with Gasteiger partial charge in [-0.3, -0.25) is 9.97 Å². The molecule has 35 heavy (non-hydrogen) atoms. The van der Waals surface area contributed by atoms with Gasteiger partial charge in [-0.2, -0.15) is 0 Å². The van der Waals surface area contributed by atoms with E-state index in [9.17, 15) is 0 Å². The Hall–Kier alpha value is -3.86. The number of rotatable bonds is 3. The summed E-state index contributed by atoms with van der Waals surface area (Å²) in [6, 6.07) is 35.5. The van der Waals surface area contributed by atoms with Gasteiger partial charge in [-0.15, -0.1) is 35.9 Å². The normalized spacial score (nSPS) is 10.3. The third kappa shape index (κ3) is 5.29. The van der Waals surface area contributed by atoms with Crippen molar-refractivity contribution in [3.63, 3.8) is 0 Å². The SMILES string of the molecule is Cc1nc(-c2ccccn2)[n-]c1C.[Ir].[c-]1ccccc1-c1nc2ccccc2n1-c1ccccc1. The largest absolute Gasteiger partial charge is 0.438 e. The van der Waals surface area contributed by atoms with Crippen molar-refractivity contribution in [1.29, 1.82) is 0 Å². The van der Waals surface area contributed by atoms with Crippen LogP contribution in [0.1, 0.15) is 11.4 Å². The van der Waals surface area contributed by atoms with E-state index in [4.69, 9.17) is 4.98 Å². The second kappa shape index (κ2) is 11.0. The van der Waals surface area contributed by atoms with Crippen LogP contribution in [-0.2, 0) is 20.1 Å². The Balaban J connectivity index is 0.000000179. The molecule has 0 saturated carbocycles. The molecule has 6 aromatic rings. The number of aromatic nitrogens is 5. The van der Waals surface area contributed by atoms with Gasteiger partial charge in [-0.05, 0) is 56.1 Å². The molecule has 0 amide bonds. The average Bonchev–Trinajstić information content (AvgIpc) is 3.46. The number of pyridine rings is 1. The average molecular weight is 634 g/mol.